The first-order chi connectivity index (χ1) is 11.5. The number of carboxylic acids is 1. The Morgan fingerprint density at radius 2 is 1.83 bits per heavy atom. The Balaban J connectivity index is 1.90. The van der Waals surface area contributed by atoms with E-state index in [0.29, 0.717) is 5.56 Å². The van der Waals surface area contributed by atoms with E-state index in [2.05, 4.69) is 5.32 Å². The topological polar surface area (TPSA) is 83.5 Å². The van der Waals surface area contributed by atoms with Crippen LogP contribution in [-0.4, -0.2) is 22.8 Å². The van der Waals surface area contributed by atoms with Crippen molar-refractivity contribution in [2.75, 3.05) is 0 Å². The van der Waals surface area contributed by atoms with Gasteiger partial charge in [-0.3, -0.25) is 14.4 Å². The molecule has 1 amide bonds. The second kappa shape index (κ2) is 8.40. The average molecular weight is 345 g/mol. The molecule has 2 N–H and O–H groups in total. The van der Waals surface area contributed by atoms with Crippen LogP contribution in [0.5, 0.6) is 0 Å². The van der Waals surface area contributed by atoms with Gasteiger partial charge >= 0.3 is 5.97 Å². The van der Waals surface area contributed by atoms with Gasteiger partial charge in [-0.05, 0) is 18.4 Å². The van der Waals surface area contributed by atoms with Crippen LogP contribution in [0, 0.1) is 6.92 Å². The molecule has 5 nitrogen and oxygen atoms in total. The van der Waals surface area contributed by atoms with Crippen LogP contribution in [0.3, 0.4) is 0 Å². The number of benzene rings is 1. The summed E-state index contributed by atoms with van der Waals surface area (Å²) in [5, 5.41) is 13.5. The lowest BCUT2D eigenvalue weighted by molar-refractivity contribution is -0.137. The summed E-state index contributed by atoms with van der Waals surface area (Å²) in [6.45, 7) is 1.94. The van der Waals surface area contributed by atoms with E-state index in [9.17, 15) is 14.4 Å². The van der Waals surface area contributed by atoms with Gasteiger partial charge < -0.3 is 10.4 Å². The first-order valence-electron chi connectivity index (χ1n) is 7.60. The maximum Gasteiger partial charge on any atom is 0.305 e. The van der Waals surface area contributed by atoms with Gasteiger partial charge in [0, 0.05) is 23.3 Å². The Kier molecular flexibility index (Phi) is 6.26. The van der Waals surface area contributed by atoms with Crippen molar-refractivity contribution in [3.63, 3.8) is 0 Å². The zero-order valence-corrected chi connectivity index (χ0v) is 14.1. The van der Waals surface area contributed by atoms with E-state index in [1.165, 1.54) is 11.3 Å². The van der Waals surface area contributed by atoms with Crippen LogP contribution in [-0.2, 0) is 9.59 Å². The van der Waals surface area contributed by atoms with E-state index in [-0.39, 0.29) is 31.0 Å². The lowest BCUT2D eigenvalue weighted by atomic mass is 10.0. The highest BCUT2D eigenvalue weighted by Crippen LogP contribution is 2.22. The molecule has 1 aromatic carbocycles. The van der Waals surface area contributed by atoms with Crippen molar-refractivity contribution < 1.29 is 19.5 Å². The fourth-order valence-corrected chi connectivity index (χ4v) is 3.04. The maximum atomic E-state index is 12.1. The molecule has 0 aliphatic rings. The number of aryl methyl sites for hydroxylation is 1. The molecule has 0 saturated carbocycles. The molecular weight excluding hydrogens is 326 g/mol. The van der Waals surface area contributed by atoms with Crippen LogP contribution in [0.1, 0.15) is 46.1 Å². The third-order valence-corrected chi connectivity index (χ3v) is 4.54. The number of carbonyl (C=O) groups excluding carboxylic acids is 2. The zero-order chi connectivity index (χ0) is 17.5. The molecule has 6 heteroatoms. The molecule has 0 bridgehead atoms. The highest BCUT2D eigenvalue weighted by Gasteiger charge is 2.19. The second-order valence-corrected chi connectivity index (χ2v) is 6.50. The van der Waals surface area contributed by atoms with Gasteiger partial charge in [0.05, 0.1) is 12.5 Å². The van der Waals surface area contributed by atoms with Crippen LogP contribution in [0.15, 0.2) is 41.8 Å². The van der Waals surface area contributed by atoms with Crippen molar-refractivity contribution in [2.24, 2.45) is 0 Å². The standard InChI is InChI=1S/C18H19NO4S/c1-12-4-6-13(7-5-12)15(20)8-9-17(21)19-14(11-18(22)23)16-3-2-10-24-16/h2-7,10,14H,8-9,11H2,1H3,(H,19,21)(H,22,23). The molecule has 1 aromatic heterocycles. The van der Waals surface area contributed by atoms with Gasteiger partial charge in [-0.1, -0.05) is 35.9 Å². The number of hydrogen-bond acceptors (Lipinski definition) is 4. The molecule has 1 heterocycles. The van der Waals surface area contributed by atoms with Gasteiger partial charge in [0.15, 0.2) is 5.78 Å². The van der Waals surface area contributed by atoms with Gasteiger partial charge in [0.2, 0.25) is 5.91 Å². The number of nitrogens with one attached hydrogen (secondary N) is 1. The molecule has 1 atom stereocenters. The predicted octanol–water partition coefficient (Wildman–Crippen LogP) is 3.35. The normalized spacial score (nSPS) is 11.7. The summed E-state index contributed by atoms with van der Waals surface area (Å²) >= 11 is 1.39. The van der Waals surface area contributed by atoms with Crippen LogP contribution in [0.4, 0.5) is 0 Å². The van der Waals surface area contributed by atoms with Gasteiger partial charge in [-0.15, -0.1) is 11.3 Å². The van der Waals surface area contributed by atoms with E-state index in [1.807, 2.05) is 30.5 Å². The van der Waals surface area contributed by atoms with Crippen LogP contribution in [0.2, 0.25) is 0 Å². The van der Waals surface area contributed by atoms with Crippen molar-refractivity contribution >= 4 is 29.0 Å². The summed E-state index contributed by atoms with van der Waals surface area (Å²) in [6.07, 6.45) is -0.0501. The van der Waals surface area contributed by atoms with Gasteiger partial charge in [-0.25, -0.2) is 0 Å². The van der Waals surface area contributed by atoms with Crippen molar-refractivity contribution in [1.29, 1.82) is 0 Å². The third kappa shape index (κ3) is 5.31. The van der Waals surface area contributed by atoms with Gasteiger partial charge in [-0.2, -0.15) is 0 Å². The Hall–Kier alpha value is -2.47. The van der Waals surface area contributed by atoms with E-state index in [0.717, 1.165) is 10.4 Å². The van der Waals surface area contributed by atoms with E-state index < -0.39 is 12.0 Å². The summed E-state index contributed by atoms with van der Waals surface area (Å²) in [7, 11) is 0. The van der Waals surface area contributed by atoms with Crippen LogP contribution < -0.4 is 5.32 Å². The summed E-state index contributed by atoms with van der Waals surface area (Å²) in [5.41, 5.74) is 1.64. The monoisotopic (exact) mass is 345 g/mol. The molecule has 126 valence electrons. The lowest BCUT2D eigenvalue weighted by Gasteiger charge is -2.15. The highest BCUT2D eigenvalue weighted by atomic mass is 32.1. The molecule has 0 spiro atoms. The Bertz CT molecular complexity index is 707. The molecule has 0 radical (unpaired) electrons. The Morgan fingerprint density at radius 1 is 1.12 bits per heavy atom. The second-order valence-electron chi connectivity index (χ2n) is 5.52. The van der Waals surface area contributed by atoms with Gasteiger partial charge in [0.25, 0.3) is 0 Å². The summed E-state index contributed by atoms with van der Waals surface area (Å²) in [6, 6.07) is 10.2. The average Bonchev–Trinajstić information content (AvgIpc) is 3.06. The van der Waals surface area contributed by atoms with Crippen molar-refractivity contribution in [3.8, 4) is 0 Å². The smallest absolute Gasteiger partial charge is 0.305 e. The number of carbonyl (C=O) groups is 3. The molecule has 2 aromatic rings. The molecule has 0 fully saturated rings. The fraction of sp³-hybridized carbons (Fsp3) is 0.278. The minimum atomic E-state index is -0.982. The Morgan fingerprint density at radius 3 is 2.42 bits per heavy atom. The molecule has 0 saturated heterocycles. The molecule has 0 aliphatic heterocycles. The fourth-order valence-electron chi connectivity index (χ4n) is 2.26. The highest BCUT2D eigenvalue weighted by molar-refractivity contribution is 7.10. The van der Waals surface area contributed by atoms with Crippen molar-refractivity contribution in [1.82, 2.24) is 5.32 Å². The summed E-state index contributed by atoms with van der Waals surface area (Å²) in [5.74, 6) is -1.41. The van der Waals surface area contributed by atoms with E-state index in [1.54, 1.807) is 18.2 Å². The first-order valence-corrected chi connectivity index (χ1v) is 8.48. The first kappa shape index (κ1) is 17.9. The van der Waals surface area contributed by atoms with Gasteiger partial charge in [0.1, 0.15) is 0 Å². The quantitative estimate of drug-likeness (QED) is 0.719. The third-order valence-electron chi connectivity index (χ3n) is 3.55. The van der Waals surface area contributed by atoms with Crippen LogP contribution >= 0.6 is 11.3 Å². The number of ketones is 1. The molecule has 2 rings (SSSR count). The van der Waals surface area contributed by atoms with E-state index in [4.69, 9.17) is 5.11 Å². The van der Waals surface area contributed by atoms with Crippen LogP contribution in [0.25, 0.3) is 0 Å². The number of thiophene rings is 1. The summed E-state index contributed by atoms with van der Waals surface area (Å²) in [4.78, 5) is 35.9. The molecular formula is C18H19NO4S. The number of rotatable bonds is 8. The Labute approximate surface area is 144 Å². The largest absolute Gasteiger partial charge is 0.481 e. The molecule has 1 unspecified atom stereocenters. The number of aliphatic carboxylic acids is 1. The molecule has 24 heavy (non-hydrogen) atoms. The molecule has 0 aliphatic carbocycles. The number of carboxylic acid groups (broad SMARTS) is 1. The van der Waals surface area contributed by atoms with Crippen molar-refractivity contribution in [3.05, 3.63) is 57.8 Å². The summed E-state index contributed by atoms with van der Waals surface area (Å²) < 4.78 is 0. The number of amides is 1. The lowest BCUT2D eigenvalue weighted by Crippen LogP contribution is -2.29. The maximum absolute atomic E-state index is 12.1. The van der Waals surface area contributed by atoms with E-state index >= 15 is 0 Å². The predicted molar refractivity (Wildman–Crippen MR) is 92.2 cm³/mol. The number of Topliss-reactive ketones (excluding diaryl/α,β-unsaturated/α-hetero) is 1. The van der Waals surface area contributed by atoms with Crippen molar-refractivity contribution in [2.45, 2.75) is 32.2 Å². The minimum absolute atomic E-state index is 0.0359. The minimum Gasteiger partial charge on any atom is -0.481 e. The SMILES string of the molecule is Cc1ccc(C(=O)CCC(=O)NC(CC(=O)O)c2cccs2)cc1. The number of hydrogen-bond donors (Lipinski definition) is 2. The zero-order valence-electron chi connectivity index (χ0n) is 13.3.